The van der Waals surface area contributed by atoms with Gasteiger partial charge in [-0.3, -0.25) is 14.2 Å². The number of ketones is 1. The molecule has 3 aromatic heterocycles. The minimum atomic E-state index is -0.224. The van der Waals surface area contributed by atoms with Gasteiger partial charge < -0.3 is 15.5 Å². The second-order valence-corrected chi connectivity index (χ2v) is 9.73. The van der Waals surface area contributed by atoms with Crippen molar-refractivity contribution in [1.82, 2.24) is 24.8 Å². The van der Waals surface area contributed by atoms with E-state index in [2.05, 4.69) is 25.5 Å². The van der Waals surface area contributed by atoms with Crippen LogP contribution in [0.5, 0.6) is 0 Å². The number of hydrogen-bond donors (Lipinski definition) is 2. The molecule has 2 aliphatic carbocycles. The number of nitrogens with zero attached hydrogens (tertiary/aromatic N) is 5. The van der Waals surface area contributed by atoms with Gasteiger partial charge in [-0.05, 0) is 62.6 Å². The van der Waals surface area contributed by atoms with Gasteiger partial charge in [0.15, 0.2) is 5.78 Å². The molecule has 3 aliphatic rings. The monoisotopic (exact) mass is 459 g/mol. The summed E-state index contributed by atoms with van der Waals surface area (Å²) in [6, 6.07) is 4.07. The largest absolute Gasteiger partial charge is 0.368 e. The molecule has 0 spiro atoms. The second kappa shape index (κ2) is 8.16. The Morgan fingerprint density at radius 1 is 1.15 bits per heavy atom. The maximum Gasteiger partial charge on any atom is 0.263 e. The van der Waals surface area contributed by atoms with Crippen molar-refractivity contribution in [2.75, 3.05) is 36.4 Å². The van der Waals surface area contributed by atoms with Crippen LogP contribution in [0.2, 0.25) is 0 Å². The Morgan fingerprint density at radius 3 is 2.62 bits per heavy atom. The van der Waals surface area contributed by atoms with E-state index < -0.39 is 0 Å². The van der Waals surface area contributed by atoms with Crippen molar-refractivity contribution in [3.05, 3.63) is 46.0 Å². The molecule has 1 aliphatic heterocycles. The summed E-state index contributed by atoms with van der Waals surface area (Å²) in [6.07, 6.45) is 6.82. The molecule has 0 aromatic carbocycles. The van der Waals surface area contributed by atoms with Crippen LogP contribution in [0.4, 0.5) is 17.5 Å². The Kier molecular flexibility index (Phi) is 5.09. The molecule has 0 amide bonds. The third-order valence-electron chi connectivity index (χ3n) is 7.67. The van der Waals surface area contributed by atoms with Crippen molar-refractivity contribution < 1.29 is 4.79 Å². The van der Waals surface area contributed by atoms with Crippen LogP contribution in [0.25, 0.3) is 11.0 Å². The lowest BCUT2D eigenvalue weighted by Crippen LogP contribution is -2.43. The van der Waals surface area contributed by atoms with Crippen LogP contribution in [0, 0.1) is 18.8 Å². The molecule has 0 bridgehead atoms. The van der Waals surface area contributed by atoms with Gasteiger partial charge in [0, 0.05) is 43.8 Å². The molecule has 9 nitrogen and oxygen atoms in total. The Labute approximate surface area is 197 Å². The van der Waals surface area contributed by atoms with E-state index in [4.69, 9.17) is 4.98 Å². The van der Waals surface area contributed by atoms with Crippen LogP contribution in [0.1, 0.15) is 48.1 Å². The average molecular weight is 460 g/mol. The number of anilines is 3. The number of rotatable bonds is 5. The number of nitrogens with one attached hydrogen (secondary N) is 2. The quantitative estimate of drug-likeness (QED) is 0.561. The summed E-state index contributed by atoms with van der Waals surface area (Å²) in [5, 5.41) is 7.30. The summed E-state index contributed by atoms with van der Waals surface area (Å²) in [6.45, 7) is 7.14. The Hall–Kier alpha value is -3.33. The predicted molar refractivity (Wildman–Crippen MR) is 131 cm³/mol. The first-order valence-corrected chi connectivity index (χ1v) is 12.1. The molecule has 3 unspecified atom stereocenters. The van der Waals surface area contributed by atoms with E-state index in [0.29, 0.717) is 34.8 Å². The fraction of sp³-hybridized carbons (Fsp3) is 0.480. The van der Waals surface area contributed by atoms with E-state index >= 15 is 0 Å². The first kappa shape index (κ1) is 21.2. The third kappa shape index (κ3) is 3.55. The highest BCUT2D eigenvalue weighted by Gasteiger charge is 2.49. The highest BCUT2D eigenvalue weighted by Crippen LogP contribution is 2.57. The third-order valence-corrected chi connectivity index (χ3v) is 7.67. The normalized spacial score (nSPS) is 23.7. The fourth-order valence-corrected chi connectivity index (χ4v) is 5.79. The van der Waals surface area contributed by atoms with Crippen LogP contribution in [0.15, 0.2) is 29.3 Å². The zero-order valence-electron chi connectivity index (χ0n) is 19.5. The molecule has 3 atom stereocenters. The molecule has 176 valence electrons. The van der Waals surface area contributed by atoms with Gasteiger partial charge >= 0.3 is 0 Å². The molecule has 3 fully saturated rings. The minimum Gasteiger partial charge on any atom is -0.368 e. The van der Waals surface area contributed by atoms with Gasteiger partial charge in [-0.2, -0.15) is 4.98 Å². The summed E-state index contributed by atoms with van der Waals surface area (Å²) >= 11 is 0. The SMILES string of the molecule is CC(=O)c1c(C)c2cnc(Nc3ccc(N4CCNCC4)cn3)nc2n(C2CCC3CC32)c1=O. The molecular weight excluding hydrogens is 430 g/mol. The molecule has 1 saturated heterocycles. The van der Waals surface area contributed by atoms with Crippen LogP contribution in [0.3, 0.4) is 0 Å². The molecule has 2 saturated carbocycles. The summed E-state index contributed by atoms with van der Waals surface area (Å²) in [5.41, 5.74) is 2.37. The van der Waals surface area contributed by atoms with E-state index in [1.54, 1.807) is 10.8 Å². The van der Waals surface area contributed by atoms with Crippen molar-refractivity contribution in [3.63, 3.8) is 0 Å². The smallest absolute Gasteiger partial charge is 0.263 e. The number of piperazine rings is 1. The highest BCUT2D eigenvalue weighted by molar-refractivity contribution is 5.99. The molecule has 4 heterocycles. The van der Waals surface area contributed by atoms with E-state index in [1.165, 1.54) is 6.92 Å². The fourth-order valence-electron chi connectivity index (χ4n) is 5.79. The van der Waals surface area contributed by atoms with Crippen molar-refractivity contribution in [1.29, 1.82) is 0 Å². The lowest BCUT2D eigenvalue weighted by molar-refractivity contribution is 0.101. The minimum absolute atomic E-state index is 0.0953. The molecule has 9 heteroatoms. The highest BCUT2D eigenvalue weighted by atomic mass is 16.1. The zero-order chi connectivity index (χ0) is 23.4. The van der Waals surface area contributed by atoms with Gasteiger partial charge in [0.2, 0.25) is 5.95 Å². The van der Waals surface area contributed by atoms with Gasteiger partial charge in [-0.25, -0.2) is 9.97 Å². The Morgan fingerprint density at radius 2 is 1.97 bits per heavy atom. The summed E-state index contributed by atoms with van der Waals surface area (Å²) < 4.78 is 1.78. The maximum atomic E-state index is 13.5. The maximum absolute atomic E-state index is 13.5. The number of hydrogen-bond acceptors (Lipinski definition) is 8. The number of Topliss-reactive ketones (excluding diaryl/α,β-unsaturated/α-hetero) is 1. The van der Waals surface area contributed by atoms with Crippen LogP contribution < -0.4 is 21.1 Å². The summed E-state index contributed by atoms with van der Waals surface area (Å²) in [5.74, 6) is 2.04. The van der Waals surface area contributed by atoms with Crippen molar-refractivity contribution in [2.24, 2.45) is 11.8 Å². The molecule has 0 radical (unpaired) electrons. The number of carbonyl (C=O) groups excluding carboxylic acids is 1. The lowest BCUT2D eigenvalue weighted by Gasteiger charge is -2.29. The van der Waals surface area contributed by atoms with E-state index in [0.717, 1.165) is 56.5 Å². The van der Waals surface area contributed by atoms with Crippen LogP contribution in [-0.4, -0.2) is 51.5 Å². The number of pyridine rings is 2. The molecular formula is C25H29N7O2. The first-order valence-electron chi connectivity index (χ1n) is 12.1. The van der Waals surface area contributed by atoms with Gasteiger partial charge in [0.1, 0.15) is 11.5 Å². The summed E-state index contributed by atoms with van der Waals surface area (Å²) in [4.78, 5) is 42.0. The number of aromatic nitrogens is 4. The average Bonchev–Trinajstić information content (AvgIpc) is 3.51. The van der Waals surface area contributed by atoms with Gasteiger partial charge in [0.05, 0.1) is 17.4 Å². The Balaban J connectivity index is 1.37. The topological polar surface area (TPSA) is 105 Å². The van der Waals surface area contributed by atoms with Gasteiger partial charge in [0.25, 0.3) is 5.56 Å². The zero-order valence-corrected chi connectivity index (χ0v) is 19.5. The van der Waals surface area contributed by atoms with Crippen LogP contribution in [-0.2, 0) is 0 Å². The van der Waals surface area contributed by atoms with Crippen molar-refractivity contribution in [3.8, 4) is 0 Å². The summed E-state index contributed by atoms with van der Waals surface area (Å²) in [7, 11) is 0. The van der Waals surface area contributed by atoms with E-state index in [-0.39, 0.29) is 22.9 Å². The standard InChI is InChI=1S/C25H29N7O2/c1-14-19-13-28-25(29-21-6-4-17(12-27-21)31-9-7-26-8-10-31)30-23(19)32(24(34)22(14)15(2)33)20-5-3-16-11-18(16)20/h4,6,12-13,16,18,20,26H,3,5,7-11H2,1-2H3,(H,27,28,29,30). The number of carbonyl (C=O) groups is 1. The number of fused-ring (bicyclic) bond motifs is 2. The Bertz CT molecular complexity index is 1330. The van der Waals surface area contributed by atoms with Crippen molar-refractivity contribution in [2.45, 2.75) is 39.2 Å². The molecule has 34 heavy (non-hydrogen) atoms. The molecule has 2 N–H and O–H groups in total. The first-order chi connectivity index (χ1) is 16.5. The van der Waals surface area contributed by atoms with Gasteiger partial charge in [-0.15, -0.1) is 0 Å². The van der Waals surface area contributed by atoms with E-state index in [9.17, 15) is 9.59 Å². The second-order valence-electron chi connectivity index (χ2n) is 9.73. The van der Waals surface area contributed by atoms with E-state index in [1.807, 2.05) is 25.3 Å². The molecule has 6 rings (SSSR count). The van der Waals surface area contributed by atoms with Crippen molar-refractivity contribution >= 4 is 34.3 Å². The molecule has 3 aromatic rings. The lowest BCUT2D eigenvalue weighted by atomic mass is 10.0. The number of aryl methyl sites for hydroxylation is 1. The predicted octanol–water partition coefficient (Wildman–Crippen LogP) is 2.82. The van der Waals surface area contributed by atoms with Gasteiger partial charge in [-0.1, -0.05) is 0 Å². The van der Waals surface area contributed by atoms with Crippen LogP contribution >= 0.6 is 0 Å².